The Labute approximate surface area is 226 Å². The summed E-state index contributed by atoms with van der Waals surface area (Å²) in [4.78, 5) is 32.1. The van der Waals surface area contributed by atoms with Crippen LogP contribution in [0.3, 0.4) is 0 Å². The van der Waals surface area contributed by atoms with Gasteiger partial charge in [-0.15, -0.1) is 0 Å². The minimum absolute atomic E-state index is 0.169. The van der Waals surface area contributed by atoms with Gasteiger partial charge in [-0.3, -0.25) is 9.59 Å². The van der Waals surface area contributed by atoms with Crippen molar-refractivity contribution in [2.45, 2.75) is 12.8 Å². The maximum Gasteiger partial charge on any atom is 0.256 e. The van der Waals surface area contributed by atoms with E-state index in [0.29, 0.717) is 51.3 Å². The van der Waals surface area contributed by atoms with Gasteiger partial charge in [-0.1, -0.05) is 60.7 Å². The number of fused-ring (bicyclic) bond motifs is 1. The molecule has 3 heterocycles. The molecule has 39 heavy (non-hydrogen) atoms. The second-order valence-electron chi connectivity index (χ2n) is 9.88. The van der Waals surface area contributed by atoms with Crippen molar-refractivity contribution in [3.63, 3.8) is 0 Å². The molecule has 1 fully saturated rings. The molecule has 0 atom stereocenters. The van der Waals surface area contributed by atoms with Gasteiger partial charge in [-0.25, -0.2) is 4.39 Å². The number of H-pyrrole nitrogens is 1. The molecule has 6 rings (SSSR count). The van der Waals surface area contributed by atoms with Gasteiger partial charge in [0.05, 0.1) is 11.1 Å². The maximum atomic E-state index is 14.8. The lowest BCUT2D eigenvalue weighted by Gasteiger charge is -2.15. The van der Waals surface area contributed by atoms with Gasteiger partial charge in [-0.05, 0) is 55.3 Å². The first-order valence-corrected chi connectivity index (χ1v) is 13.3. The zero-order valence-electron chi connectivity index (χ0n) is 21.5. The minimum Gasteiger partial charge on any atom is -0.360 e. The van der Waals surface area contributed by atoms with Crippen LogP contribution in [-0.2, 0) is 4.79 Å². The fourth-order valence-corrected chi connectivity index (χ4v) is 5.51. The molecular weight excluding hydrogens is 491 g/mol. The van der Waals surface area contributed by atoms with Crippen molar-refractivity contribution in [2.75, 3.05) is 31.5 Å². The van der Waals surface area contributed by atoms with Crippen molar-refractivity contribution in [1.29, 1.82) is 0 Å². The third kappa shape index (κ3) is 4.89. The molecule has 1 aromatic heterocycles. The lowest BCUT2D eigenvalue weighted by atomic mass is 9.93. The molecule has 0 aliphatic carbocycles. The number of benzene rings is 3. The summed E-state index contributed by atoms with van der Waals surface area (Å²) in [5, 5.41) is 5.98. The first-order valence-electron chi connectivity index (χ1n) is 13.3. The number of carbonyl (C=O) groups is 2. The molecule has 0 spiro atoms. The molecule has 4 aromatic rings. The van der Waals surface area contributed by atoms with E-state index in [2.05, 4.69) is 20.5 Å². The number of amides is 2. The maximum absolute atomic E-state index is 14.8. The molecule has 2 amide bonds. The van der Waals surface area contributed by atoms with E-state index in [-0.39, 0.29) is 17.6 Å². The highest BCUT2D eigenvalue weighted by atomic mass is 19.1. The zero-order chi connectivity index (χ0) is 26.8. The second kappa shape index (κ2) is 10.7. The molecule has 0 bridgehead atoms. The molecule has 0 saturated carbocycles. The van der Waals surface area contributed by atoms with Crippen molar-refractivity contribution in [3.05, 3.63) is 102 Å². The standard InChI is InChI=1S/C32H29FN4O2/c33-26-13-5-4-11-22(26)23-12-8-14-27-30(23)24(32(39)36-27)19-28-29(21-9-2-1-3-10-21)25(20-35-28)31(38)34-15-18-37-16-6-7-17-37/h1-5,8-14,19-20,35H,6-7,15-18H2,(H,34,38)(H,36,39). The van der Waals surface area contributed by atoms with Crippen LogP contribution < -0.4 is 10.6 Å². The number of anilines is 1. The smallest absolute Gasteiger partial charge is 0.256 e. The number of nitrogens with zero attached hydrogens (tertiary/aromatic N) is 1. The summed E-state index contributed by atoms with van der Waals surface area (Å²) in [5.41, 5.74) is 5.43. The fraction of sp³-hybridized carbons (Fsp3) is 0.188. The predicted molar refractivity (Wildman–Crippen MR) is 153 cm³/mol. The van der Waals surface area contributed by atoms with Crippen LogP contribution in [-0.4, -0.2) is 47.9 Å². The van der Waals surface area contributed by atoms with Crippen molar-refractivity contribution in [1.82, 2.24) is 15.2 Å². The summed E-state index contributed by atoms with van der Waals surface area (Å²) in [6, 6.07) is 21.6. The number of likely N-dealkylation sites (tertiary alicyclic amines) is 1. The van der Waals surface area contributed by atoms with E-state index >= 15 is 0 Å². The molecule has 6 nitrogen and oxygen atoms in total. The van der Waals surface area contributed by atoms with Crippen LogP contribution in [0.4, 0.5) is 10.1 Å². The SMILES string of the molecule is O=C1Nc2cccc(-c3ccccc3F)c2C1=Cc1[nH]cc(C(=O)NCCN2CCCC2)c1-c1ccccc1. The number of aromatic amines is 1. The van der Waals surface area contributed by atoms with E-state index in [4.69, 9.17) is 0 Å². The van der Waals surface area contributed by atoms with Gasteiger partial charge in [0, 0.05) is 47.4 Å². The Morgan fingerprint density at radius 3 is 2.46 bits per heavy atom. The highest BCUT2D eigenvalue weighted by Crippen LogP contribution is 2.42. The van der Waals surface area contributed by atoms with Crippen LogP contribution in [0.2, 0.25) is 0 Å². The van der Waals surface area contributed by atoms with Crippen LogP contribution in [0.15, 0.2) is 79.0 Å². The zero-order valence-corrected chi connectivity index (χ0v) is 21.5. The summed E-state index contributed by atoms with van der Waals surface area (Å²) >= 11 is 0. The predicted octanol–water partition coefficient (Wildman–Crippen LogP) is 5.81. The van der Waals surface area contributed by atoms with Gasteiger partial charge < -0.3 is 20.5 Å². The number of rotatable bonds is 7. The van der Waals surface area contributed by atoms with Gasteiger partial charge in [0.1, 0.15) is 5.82 Å². The third-order valence-corrected chi connectivity index (χ3v) is 7.41. The summed E-state index contributed by atoms with van der Waals surface area (Å²) < 4.78 is 14.8. The second-order valence-corrected chi connectivity index (χ2v) is 9.88. The first-order chi connectivity index (χ1) is 19.1. The quantitative estimate of drug-likeness (QED) is 0.269. The normalized spacial score (nSPS) is 15.9. The molecule has 7 heteroatoms. The molecule has 1 saturated heterocycles. The van der Waals surface area contributed by atoms with Crippen molar-refractivity contribution < 1.29 is 14.0 Å². The lowest BCUT2D eigenvalue weighted by molar-refractivity contribution is -0.110. The third-order valence-electron chi connectivity index (χ3n) is 7.41. The fourth-order valence-electron chi connectivity index (χ4n) is 5.51. The largest absolute Gasteiger partial charge is 0.360 e. The number of hydrogen-bond acceptors (Lipinski definition) is 3. The van der Waals surface area contributed by atoms with Crippen LogP contribution in [0.1, 0.15) is 34.5 Å². The Kier molecular flexibility index (Phi) is 6.82. The van der Waals surface area contributed by atoms with Crippen LogP contribution in [0.25, 0.3) is 33.9 Å². The molecule has 2 aliphatic rings. The van der Waals surface area contributed by atoms with Crippen molar-refractivity contribution >= 4 is 29.2 Å². The summed E-state index contributed by atoms with van der Waals surface area (Å²) in [5.74, 6) is -0.807. The van der Waals surface area contributed by atoms with E-state index < -0.39 is 0 Å². The number of hydrogen-bond donors (Lipinski definition) is 3. The summed E-state index contributed by atoms with van der Waals surface area (Å²) in [6.07, 6.45) is 5.86. The van der Waals surface area contributed by atoms with Gasteiger partial charge in [0.15, 0.2) is 0 Å². The highest BCUT2D eigenvalue weighted by Gasteiger charge is 2.29. The monoisotopic (exact) mass is 520 g/mol. The molecule has 0 radical (unpaired) electrons. The molecular formula is C32H29FN4O2. The van der Waals surface area contributed by atoms with Crippen LogP contribution >= 0.6 is 0 Å². The topological polar surface area (TPSA) is 77.2 Å². The highest BCUT2D eigenvalue weighted by molar-refractivity contribution is 6.36. The molecule has 2 aliphatic heterocycles. The average molecular weight is 521 g/mol. The first kappa shape index (κ1) is 24.8. The van der Waals surface area contributed by atoms with E-state index in [9.17, 15) is 14.0 Å². The van der Waals surface area contributed by atoms with Crippen molar-refractivity contribution in [3.8, 4) is 22.3 Å². The van der Waals surface area contributed by atoms with E-state index in [1.54, 1.807) is 36.5 Å². The van der Waals surface area contributed by atoms with E-state index in [1.807, 2.05) is 42.5 Å². The minimum atomic E-state index is -0.359. The molecule has 196 valence electrons. The lowest BCUT2D eigenvalue weighted by Crippen LogP contribution is -2.33. The van der Waals surface area contributed by atoms with Crippen molar-refractivity contribution in [2.24, 2.45) is 0 Å². The molecule has 3 N–H and O–H groups in total. The Hall–Kier alpha value is -4.49. The molecule has 3 aromatic carbocycles. The van der Waals surface area contributed by atoms with Gasteiger partial charge in [-0.2, -0.15) is 0 Å². The Bertz CT molecular complexity index is 1570. The summed E-state index contributed by atoms with van der Waals surface area (Å²) in [6.45, 7) is 3.54. The number of nitrogens with one attached hydrogen (secondary N) is 3. The Balaban J connectivity index is 1.40. The number of aromatic nitrogens is 1. The van der Waals surface area contributed by atoms with Crippen LogP contribution in [0.5, 0.6) is 0 Å². The average Bonchev–Trinajstić information content (AvgIpc) is 3.69. The van der Waals surface area contributed by atoms with Gasteiger partial charge >= 0.3 is 0 Å². The van der Waals surface area contributed by atoms with Crippen LogP contribution in [0, 0.1) is 5.82 Å². The Morgan fingerprint density at radius 2 is 1.67 bits per heavy atom. The molecule has 0 unspecified atom stereocenters. The Morgan fingerprint density at radius 1 is 0.923 bits per heavy atom. The number of halogens is 1. The van der Waals surface area contributed by atoms with E-state index in [1.165, 1.54) is 18.9 Å². The van der Waals surface area contributed by atoms with Gasteiger partial charge in [0.2, 0.25) is 0 Å². The van der Waals surface area contributed by atoms with E-state index in [0.717, 1.165) is 25.2 Å². The number of carbonyl (C=O) groups excluding carboxylic acids is 2. The summed E-state index contributed by atoms with van der Waals surface area (Å²) in [7, 11) is 0. The van der Waals surface area contributed by atoms with Gasteiger partial charge in [0.25, 0.3) is 11.8 Å².